The average Bonchev–Trinajstić information content (AvgIpc) is 2.96. The fourth-order valence-electron chi connectivity index (χ4n) is 1.44. The monoisotopic (exact) mass is 259 g/mol. The van der Waals surface area contributed by atoms with Crippen LogP contribution < -0.4 is 5.43 Å². The van der Waals surface area contributed by atoms with Crippen molar-refractivity contribution < 1.29 is 0 Å². The van der Waals surface area contributed by atoms with Crippen LogP contribution in [0.3, 0.4) is 0 Å². The molecule has 0 bridgehead atoms. The van der Waals surface area contributed by atoms with Crippen molar-refractivity contribution in [2.45, 2.75) is 0 Å². The maximum atomic E-state index is 4.43. The first-order valence-corrected chi connectivity index (χ1v) is 6.79. The van der Waals surface area contributed by atoms with Gasteiger partial charge in [0, 0.05) is 4.88 Å². The van der Waals surface area contributed by atoms with Gasteiger partial charge in [-0.2, -0.15) is 5.10 Å². The van der Waals surface area contributed by atoms with E-state index in [0.717, 1.165) is 15.5 Å². The van der Waals surface area contributed by atoms with E-state index in [1.165, 1.54) is 4.70 Å². The van der Waals surface area contributed by atoms with Crippen molar-refractivity contribution in [3.8, 4) is 0 Å². The number of hydrogen-bond donors (Lipinski definition) is 1. The van der Waals surface area contributed by atoms with Crippen molar-refractivity contribution in [3.63, 3.8) is 0 Å². The molecule has 3 nitrogen and oxygen atoms in total. The summed E-state index contributed by atoms with van der Waals surface area (Å²) in [5.41, 5.74) is 3.96. The first kappa shape index (κ1) is 10.4. The number of anilines is 1. The van der Waals surface area contributed by atoms with Gasteiger partial charge < -0.3 is 0 Å². The molecule has 0 atom stereocenters. The minimum Gasteiger partial charge on any atom is -0.253 e. The van der Waals surface area contributed by atoms with Crippen LogP contribution in [0.15, 0.2) is 46.9 Å². The Balaban J connectivity index is 1.77. The first-order chi connectivity index (χ1) is 8.42. The summed E-state index contributed by atoms with van der Waals surface area (Å²) in [6.07, 6.45) is 1.80. The highest BCUT2D eigenvalue weighted by atomic mass is 32.1. The van der Waals surface area contributed by atoms with Crippen LogP contribution in [-0.2, 0) is 0 Å². The number of nitrogens with zero attached hydrogens (tertiary/aromatic N) is 2. The van der Waals surface area contributed by atoms with E-state index in [1.54, 1.807) is 28.9 Å². The molecule has 0 aliphatic carbocycles. The number of thiophene rings is 1. The maximum absolute atomic E-state index is 4.43. The molecule has 0 saturated carbocycles. The zero-order chi connectivity index (χ0) is 11.5. The van der Waals surface area contributed by atoms with E-state index in [0.29, 0.717) is 0 Å². The Morgan fingerprint density at radius 1 is 1.18 bits per heavy atom. The standard InChI is InChI=1S/C12H9N3S2/c1-2-6-11-10(5-1)14-12(17-11)15-13-8-9-4-3-7-16-9/h1-8H,(H,14,15). The molecule has 0 radical (unpaired) electrons. The number of aromatic nitrogens is 1. The number of nitrogens with one attached hydrogen (secondary N) is 1. The Morgan fingerprint density at radius 2 is 2.12 bits per heavy atom. The predicted octanol–water partition coefficient (Wildman–Crippen LogP) is 3.80. The van der Waals surface area contributed by atoms with Crippen LogP contribution in [0.25, 0.3) is 10.2 Å². The van der Waals surface area contributed by atoms with E-state index in [1.807, 2.05) is 35.7 Å². The van der Waals surface area contributed by atoms with E-state index in [2.05, 4.69) is 21.6 Å². The lowest BCUT2D eigenvalue weighted by atomic mass is 10.3. The van der Waals surface area contributed by atoms with Gasteiger partial charge in [0.15, 0.2) is 0 Å². The summed E-state index contributed by atoms with van der Waals surface area (Å²) in [5, 5.41) is 7.01. The maximum Gasteiger partial charge on any atom is 0.204 e. The molecule has 0 fully saturated rings. The third-order valence-corrected chi connectivity index (χ3v) is 3.94. The highest BCUT2D eigenvalue weighted by molar-refractivity contribution is 7.22. The highest BCUT2D eigenvalue weighted by Crippen LogP contribution is 2.25. The zero-order valence-corrected chi connectivity index (χ0v) is 10.5. The molecule has 84 valence electrons. The molecule has 0 amide bonds. The molecule has 0 saturated heterocycles. The molecule has 1 aromatic carbocycles. The Labute approximate surface area is 106 Å². The number of hydrogen-bond acceptors (Lipinski definition) is 5. The molecule has 17 heavy (non-hydrogen) atoms. The second-order valence-electron chi connectivity index (χ2n) is 3.37. The summed E-state index contributed by atoms with van der Waals surface area (Å²) in [6.45, 7) is 0. The first-order valence-electron chi connectivity index (χ1n) is 5.10. The van der Waals surface area contributed by atoms with Crippen LogP contribution >= 0.6 is 22.7 Å². The van der Waals surface area contributed by atoms with E-state index in [9.17, 15) is 0 Å². The molecule has 1 N–H and O–H groups in total. The number of para-hydroxylation sites is 1. The Bertz CT molecular complexity index is 608. The lowest BCUT2D eigenvalue weighted by Crippen LogP contribution is -1.87. The summed E-state index contributed by atoms with van der Waals surface area (Å²) >= 11 is 3.26. The second-order valence-corrected chi connectivity index (χ2v) is 5.38. The SMILES string of the molecule is C(=NNc1nc2ccccc2s1)c1cccs1. The number of thiazole rings is 1. The predicted molar refractivity (Wildman–Crippen MR) is 75.2 cm³/mol. The van der Waals surface area contributed by atoms with E-state index in [4.69, 9.17) is 0 Å². The van der Waals surface area contributed by atoms with Gasteiger partial charge in [0.05, 0.1) is 16.4 Å². The normalized spacial score (nSPS) is 11.3. The van der Waals surface area contributed by atoms with Crippen molar-refractivity contribution in [3.05, 3.63) is 46.7 Å². The zero-order valence-electron chi connectivity index (χ0n) is 8.83. The van der Waals surface area contributed by atoms with E-state index < -0.39 is 0 Å². The van der Waals surface area contributed by atoms with Gasteiger partial charge in [0.1, 0.15) is 0 Å². The molecule has 2 heterocycles. The summed E-state index contributed by atoms with van der Waals surface area (Å²) in [4.78, 5) is 5.55. The molecule has 3 rings (SSSR count). The van der Waals surface area contributed by atoms with Gasteiger partial charge in [-0.25, -0.2) is 4.98 Å². The van der Waals surface area contributed by atoms with Crippen molar-refractivity contribution in [2.75, 3.05) is 5.43 Å². The third kappa shape index (κ3) is 2.35. The Morgan fingerprint density at radius 3 is 2.94 bits per heavy atom. The molecule has 2 aromatic heterocycles. The van der Waals surface area contributed by atoms with E-state index in [-0.39, 0.29) is 0 Å². The molecule has 0 spiro atoms. The molecule has 0 aliphatic rings. The Kier molecular flexibility index (Phi) is 2.85. The summed E-state index contributed by atoms with van der Waals surface area (Å²) < 4.78 is 1.17. The number of rotatable bonds is 3. The quantitative estimate of drug-likeness (QED) is 0.573. The van der Waals surface area contributed by atoms with Crippen molar-refractivity contribution >= 4 is 44.2 Å². The fraction of sp³-hybridized carbons (Fsp3) is 0. The van der Waals surface area contributed by atoms with Crippen molar-refractivity contribution in [1.82, 2.24) is 4.98 Å². The van der Waals surface area contributed by atoms with Crippen LogP contribution in [0.4, 0.5) is 5.13 Å². The topological polar surface area (TPSA) is 37.3 Å². The van der Waals surface area contributed by atoms with Gasteiger partial charge in [-0.3, -0.25) is 5.43 Å². The highest BCUT2D eigenvalue weighted by Gasteiger charge is 2.00. The number of benzene rings is 1. The van der Waals surface area contributed by atoms with Gasteiger partial charge >= 0.3 is 0 Å². The van der Waals surface area contributed by atoms with Gasteiger partial charge in [-0.05, 0) is 23.6 Å². The summed E-state index contributed by atoms with van der Waals surface area (Å²) in [5.74, 6) is 0. The largest absolute Gasteiger partial charge is 0.253 e. The van der Waals surface area contributed by atoms with Gasteiger partial charge in [0.2, 0.25) is 5.13 Å². The number of hydrazone groups is 1. The van der Waals surface area contributed by atoms with Crippen LogP contribution in [0, 0.1) is 0 Å². The minimum absolute atomic E-state index is 0.819. The van der Waals surface area contributed by atoms with Crippen LogP contribution in [-0.4, -0.2) is 11.2 Å². The van der Waals surface area contributed by atoms with Gasteiger partial charge in [-0.15, -0.1) is 11.3 Å². The Hall–Kier alpha value is -1.72. The van der Waals surface area contributed by atoms with Crippen LogP contribution in [0.5, 0.6) is 0 Å². The van der Waals surface area contributed by atoms with Crippen LogP contribution in [0.2, 0.25) is 0 Å². The summed E-state index contributed by atoms with van der Waals surface area (Å²) in [7, 11) is 0. The summed E-state index contributed by atoms with van der Waals surface area (Å²) in [6, 6.07) is 12.1. The number of fused-ring (bicyclic) bond motifs is 1. The van der Waals surface area contributed by atoms with E-state index >= 15 is 0 Å². The molecular weight excluding hydrogens is 250 g/mol. The smallest absolute Gasteiger partial charge is 0.204 e. The van der Waals surface area contributed by atoms with Crippen molar-refractivity contribution in [2.24, 2.45) is 5.10 Å². The second kappa shape index (κ2) is 4.65. The van der Waals surface area contributed by atoms with Crippen molar-refractivity contribution in [1.29, 1.82) is 0 Å². The van der Waals surface area contributed by atoms with Crippen LogP contribution in [0.1, 0.15) is 4.88 Å². The lowest BCUT2D eigenvalue weighted by molar-refractivity contribution is 1.31. The molecule has 0 aliphatic heterocycles. The average molecular weight is 259 g/mol. The van der Waals surface area contributed by atoms with Gasteiger partial charge in [-0.1, -0.05) is 29.5 Å². The minimum atomic E-state index is 0.819. The lowest BCUT2D eigenvalue weighted by Gasteiger charge is -1.90. The molecular formula is C12H9N3S2. The third-order valence-electron chi connectivity index (χ3n) is 2.19. The molecule has 5 heteroatoms. The fourth-order valence-corrected chi connectivity index (χ4v) is 2.84. The van der Waals surface area contributed by atoms with Gasteiger partial charge in [0.25, 0.3) is 0 Å². The molecule has 3 aromatic rings. The molecule has 0 unspecified atom stereocenters.